The molecule has 16 heavy (non-hydrogen) atoms. The van der Waals surface area contributed by atoms with Crippen molar-refractivity contribution < 1.29 is 13.9 Å². The lowest BCUT2D eigenvalue weighted by Gasteiger charge is -2.11. The van der Waals surface area contributed by atoms with Crippen molar-refractivity contribution in [1.29, 1.82) is 0 Å². The zero-order chi connectivity index (χ0) is 11.7. The van der Waals surface area contributed by atoms with Crippen LogP contribution in [0.15, 0.2) is 24.4 Å². The lowest BCUT2D eigenvalue weighted by Crippen LogP contribution is -2.09. The molecule has 1 atom stereocenters. The van der Waals surface area contributed by atoms with Crippen LogP contribution in [0.2, 0.25) is 0 Å². The van der Waals surface area contributed by atoms with Crippen LogP contribution in [0.5, 0.6) is 0 Å². The van der Waals surface area contributed by atoms with Gasteiger partial charge < -0.3 is 5.11 Å². The normalized spacial score (nSPS) is 12.8. The summed E-state index contributed by atoms with van der Waals surface area (Å²) < 4.78 is 27.6. The number of aromatic nitrogens is 3. The first-order valence-electron chi connectivity index (χ1n) is 4.58. The fourth-order valence-electron chi connectivity index (χ4n) is 1.44. The standard InChI is InChI=1S/C10H9F2N3O/c1-15-8(5-13-14-15)10(16)6-3-2-4-7(11)9(6)12/h2-5,10,16H,1H3. The first kappa shape index (κ1) is 10.7. The largest absolute Gasteiger partial charge is 0.382 e. The van der Waals surface area contributed by atoms with Crippen molar-refractivity contribution in [3.63, 3.8) is 0 Å². The van der Waals surface area contributed by atoms with E-state index >= 15 is 0 Å². The highest BCUT2D eigenvalue weighted by Gasteiger charge is 2.20. The van der Waals surface area contributed by atoms with Crippen molar-refractivity contribution in [2.45, 2.75) is 6.10 Å². The van der Waals surface area contributed by atoms with Gasteiger partial charge in [0.05, 0.1) is 11.9 Å². The van der Waals surface area contributed by atoms with Crippen molar-refractivity contribution in [3.8, 4) is 0 Å². The van der Waals surface area contributed by atoms with Gasteiger partial charge in [0.25, 0.3) is 0 Å². The highest BCUT2D eigenvalue weighted by molar-refractivity contribution is 5.26. The van der Waals surface area contributed by atoms with Gasteiger partial charge >= 0.3 is 0 Å². The predicted molar refractivity (Wildman–Crippen MR) is 51.4 cm³/mol. The minimum atomic E-state index is -1.28. The Morgan fingerprint density at radius 2 is 2.12 bits per heavy atom. The van der Waals surface area contributed by atoms with Crippen LogP contribution >= 0.6 is 0 Å². The number of rotatable bonds is 2. The molecule has 0 fully saturated rings. The molecule has 1 N–H and O–H groups in total. The van der Waals surface area contributed by atoms with E-state index < -0.39 is 17.7 Å². The quantitative estimate of drug-likeness (QED) is 0.834. The molecule has 6 heteroatoms. The van der Waals surface area contributed by atoms with E-state index in [0.29, 0.717) is 5.69 Å². The Kier molecular flexibility index (Phi) is 2.66. The molecule has 0 radical (unpaired) electrons. The van der Waals surface area contributed by atoms with Gasteiger partial charge in [0.2, 0.25) is 0 Å². The van der Waals surface area contributed by atoms with Crippen LogP contribution in [0.25, 0.3) is 0 Å². The topological polar surface area (TPSA) is 50.9 Å². The lowest BCUT2D eigenvalue weighted by molar-refractivity contribution is 0.203. The van der Waals surface area contributed by atoms with Gasteiger partial charge in [-0.2, -0.15) is 0 Å². The number of hydrogen-bond acceptors (Lipinski definition) is 3. The fourth-order valence-corrected chi connectivity index (χ4v) is 1.44. The summed E-state index contributed by atoms with van der Waals surface area (Å²) in [5.41, 5.74) is 0.162. The molecule has 0 saturated heterocycles. The van der Waals surface area contributed by atoms with Gasteiger partial charge in [0.1, 0.15) is 6.10 Å². The summed E-state index contributed by atoms with van der Waals surface area (Å²) in [7, 11) is 1.56. The Hall–Kier alpha value is -1.82. The summed E-state index contributed by atoms with van der Waals surface area (Å²) in [4.78, 5) is 0. The third-order valence-corrected chi connectivity index (χ3v) is 2.31. The van der Waals surface area contributed by atoms with Gasteiger partial charge in [0, 0.05) is 12.6 Å². The Bertz CT molecular complexity index is 513. The highest BCUT2D eigenvalue weighted by Crippen LogP contribution is 2.24. The molecule has 1 aromatic carbocycles. The van der Waals surface area contributed by atoms with Gasteiger partial charge in [-0.3, -0.25) is 0 Å². The van der Waals surface area contributed by atoms with Crippen LogP contribution in [0.3, 0.4) is 0 Å². The van der Waals surface area contributed by atoms with Gasteiger partial charge in [0.15, 0.2) is 11.6 Å². The van der Waals surface area contributed by atoms with Crippen LogP contribution < -0.4 is 0 Å². The molecule has 4 nitrogen and oxygen atoms in total. The molecule has 0 bridgehead atoms. The minimum Gasteiger partial charge on any atom is -0.382 e. The smallest absolute Gasteiger partial charge is 0.165 e. The molecule has 0 spiro atoms. The van der Waals surface area contributed by atoms with Crippen molar-refractivity contribution >= 4 is 0 Å². The van der Waals surface area contributed by atoms with Crippen molar-refractivity contribution in [3.05, 3.63) is 47.3 Å². The maximum absolute atomic E-state index is 13.4. The highest BCUT2D eigenvalue weighted by atomic mass is 19.2. The Labute approximate surface area is 90.1 Å². The molecule has 0 aliphatic carbocycles. The Morgan fingerprint density at radius 3 is 2.75 bits per heavy atom. The molecule has 84 valence electrons. The summed E-state index contributed by atoms with van der Waals surface area (Å²) in [5, 5.41) is 17.0. The van der Waals surface area contributed by atoms with Gasteiger partial charge in [-0.25, -0.2) is 13.5 Å². The Balaban J connectivity index is 2.46. The molecule has 1 aromatic heterocycles. The van der Waals surface area contributed by atoms with Crippen LogP contribution in [0.4, 0.5) is 8.78 Å². The second-order valence-corrected chi connectivity index (χ2v) is 3.33. The summed E-state index contributed by atoms with van der Waals surface area (Å²) in [6.45, 7) is 0. The van der Waals surface area contributed by atoms with E-state index in [1.54, 1.807) is 7.05 Å². The molecule has 1 unspecified atom stereocenters. The summed E-state index contributed by atoms with van der Waals surface area (Å²) in [6.07, 6.45) is 0.0188. The number of halogens is 2. The molecule has 0 aliphatic heterocycles. The van der Waals surface area contributed by atoms with Gasteiger partial charge in [-0.1, -0.05) is 17.3 Å². The monoisotopic (exact) mass is 225 g/mol. The van der Waals surface area contributed by atoms with Crippen LogP contribution in [-0.4, -0.2) is 20.1 Å². The maximum atomic E-state index is 13.4. The first-order chi connectivity index (χ1) is 7.61. The van der Waals surface area contributed by atoms with Crippen LogP contribution in [0, 0.1) is 11.6 Å². The average molecular weight is 225 g/mol. The first-order valence-corrected chi connectivity index (χ1v) is 4.58. The van der Waals surface area contributed by atoms with Crippen molar-refractivity contribution in [2.24, 2.45) is 7.05 Å². The van der Waals surface area contributed by atoms with Crippen LogP contribution in [-0.2, 0) is 7.05 Å². The third kappa shape index (κ3) is 1.67. The zero-order valence-electron chi connectivity index (χ0n) is 8.43. The SMILES string of the molecule is Cn1nncc1C(O)c1cccc(F)c1F. The molecular formula is C10H9F2N3O. The number of aliphatic hydroxyl groups is 1. The van der Waals surface area contributed by atoms with Crippen molar-refractivity contribution in [2.75, 3.05) is 0 Å². The number of aryl methyl sites for hydroxylation is 1. The van der Waals surface area contributed by atoms with E-state index in [9.17, 15) is 13.9 Å². The van der Waals surface area contributed by atoms with Gasteiger partial charge in [-0.05, 0) is 6.07 Å². The zero-order valence-corrected chi connectivity index (χ0v) is 8.43. The molecule has 1 heterocycles. The van der Waals surface area contributed by atoms with Crippen molar-refractivity contribution in [1.82, 2.24) is 15.0 Å². The maximum Gasteiger partial charge on any atom is 0.165 e. The molecule has 2 rings (SSSR count). The summed E-state index contributed by atoms with van der Waals surface area (Å²) in [5.74, 6) is -2.05. The summed E-state index contributed by atoms with van der Waals surface area (Å²) >= 11 is 0. The number of hydrogen-bond donors (Lipinski definition) is 1. The van der Waals surface area contributed by atoms with E-state index in [2.05, 4.69) is 10.3 Å². The van der Waals surface area contributed by atoms with E-state index in [1.165, 1.54) is 23.0 Å². The van der Waals surface area contributed by atoms with E-state index in [4.69, 9.17) is 0 Å². The number of aliphatic hydroxyl groups excluding tert-OH is 1. The predicted octanol–water partition coefficient (Wildman–Crippen LogP) is 1.18. The van der Waals surface area contributed by atoms with E-state index in [1.807, 2.05) is 0 Å². The molecular weight excluding hydrogens is 216 g/mol. The minimum absolute atomic E-state index is 0.134. The van der Waals surface area contributed by atoms with Crippen LogP contribution in [0.1, 0.15) is 17.4 Å². The molecule has 2 aromatic rings. The second kappa shape index (κ2) is 3.97. The van der Waals surface area contributed by atoms with E-state index in [-0.39, 0.29) is 5.56 Å². The average Bonchev–Trinajstić information content (AvgIpc) is 2.68. The number of benzene rings is 1. The van der Waals surface area contributed by atoms with Gasteiger partial charge in [-0.15, -0.1) is 5.10 Å². The summed E-state index contributed by atoms with van der Waals surface area (Å²) in [6, 6.07) is 3.64. The second-order valence-electron chi connectivity index (χ2n) is 3.33. The van der Waals surface area contributed by atoms with E-state index in [0.717, 1.165) is 6.07 Å². The molecule has 0 aliphatic rings. The lowest BCUT2D eigenvalue weighted by atomic mass is 10.1. The third-order valence-electron chi connectivity index (χ3n) is 2.31. The Morgan fingerprint density at radius 1 is 1.38 bits per heavy atom. The molecule has 0 saturated carbocycles. The fraction of sp³-hybridized carbons (Fsp3) is 0.200. The molecule has 0 amide bonds. The number of nitrogens with zero attached hydrogens (tertiary/aromatic N) is 3.